The van der Waals surface area contributed by atoms with Crippen molar-refractivity contribution in [1.29, 1.82) is 5.26 Å². The summed E-state index contributed by atoms with van der Waals surface area (Å²) in [6.07, 6.45) is 0.456. The minimum atomic E-state index is -0.0348. The molecule has 1 fully saturated rings. The fraction of sp³-hybridized carbons (Fsp3) is 0.333. The van der Waals surface area contributed by atoms with Crippen molar-refractivity contribution in [2.45, 2.75) is 6.42 Å². The predicted octanol–water partition coefficient (Wildman–Crippen LogP) is 1.06. The number of rotatable bonds is 5. The van der Waals surface area contributed by atoms with Crippen LogP contribution in [-0.4, -0.2) is 43.7 Å². The summed E-state index contributed by atoms with van der Waals surface area (Å²) in [5.74, 6) is 0.247. The van der Waals surface area contributed by atoms with E-state index in [4.69, 9.17) is 5.26 Å². The molecule has 0 atom stereocenters. The van der Waals surface area contributed by atoms with E-state index in [0.717, 1.165) is 38.4 Å². The number of hydrogen-bond acceptors (Lipinski definition) is 5. The summed E-state index contributed by atoms with van der Waals surface area (Å²) in [7, 11) is 0. The topological polar surface area (TPSA) is 80.8 Å². The number of anilines is 2. The number of nitriles is 1. The van der Waals surface area contributed by atoms with E-state index in [1.165, 1.54) is 16.2 Å². The number of thiophene rings is 1. The van der Waals surface area contributed by atoms with E-state index < -0.39 is 0 Å². The minimum Gasteiger partial charge on any atom is -0.508 e. The minimum absolute atomic E-state index is 0.0348. The first-order valence-electron chi connectivity index (χ1n) is 8.30. The van der Waals surface area contributed by atoms with E-state index >= 15 is 0 Å². The lowest BCUT2D eigenvalue weighted by Crippen LogP contribution is -3.15. The Kier molecular flexibility index (Phi) is 5.53. The first kappa shape index (κ1) is 17.3. The number of nitrogens with one attached hydrogen (secondary N) is 2. The van der Waals surface area contributed by atoms with Gasteiger partial charge in [-0.2, -0.15) is 5.26 Å². The number of aromatic hydroxyl groups is 1. The Hall–Kier alpha value is -2.56. The van der Waals surface area contributed by atoms with Crippen molar-refractivity contribution in [3.8, 4) is 11.8 Å². The molecule has 0 radical (unpaired) electrons. The summed E-state index contributed by atoms with van der Waals surface area (Å²) in [4.78, 5) is 15.8. The van der Waals surface area contributed by atoms with Gasteiger partial charge in [0.05, 0.1) is 44.7 Å². The summed E-state index contributed by atoms with van der Waals surface area (Å²) in [5.41, 5.74) is 1.64. The van der Waals surface area contributed by atoms with Crippen molar-refractivity contribution in [1.82, 2.24) is 0 Å². The summed E-state index contributed by atoms with van der Waals surface area (Å²) in [6.45, 7) is 4.63. The molecule has 3 rings (SSSR count). The van der Waals surface area contributed by atoms with Crippen molar-refractivity contribution >= 4 is 27.9 Å². The zero-order valence-corrected chi connectivity index (χ0v) is 14.7. The molecule has 0 spiro atoms. The molecule has 130 valence electrons. The van der Waals surface area contributed by atoms with Gasteiger partial charge >= 0.3 is 0 Å². The maximum absolute atomic E-state index is 12.1. The Balaban J connectivity index is 1.42. The van der Waals surface area contributed by atoms with Gasteiger partial charge in [0.1, 0.15) is 16.8 Å². The molecule has 0 unspecified atom stereocenters. The van der Waals surface area contributed by atoms with Gasteiger partial charge in [0, 0.05) is 5.69 Å². The standard InChI is InChI=1S/C18H20N4O2S/c19-13-14-6-12-25-18(14)20-17(24)5-7-21-8-10-22(11-9-21)15-1-3-16(23)4-2-15/h1-4,6,12,23H,5,7-11H2,(H,20,24)/p+1. The zero-order valence-electron chi connectivity index (χ0n) is 13.9. The van der Waals surface area contributed by atoms with E-state index in [2.05, 4.69) is 16.3 Å². The van der Waals surface area contributed by atoms with Crippen LogP contribution in [0, 0.1) is 11.3 Å². The fourth-order valence-electron chi connectivity index (χ4n) is 2.97. The van der Waals surface area contributed by atoms with Crippen molar-refractivity contribution in [3.63, 3.8) is 0 Å². The Bertz CT molecular complexity index is 758. The van der Waals surface area contributed by atoms with Gasteiger partial charge in [0.25, 0.3) is 0 Å². The number of amides is 1. The number of hydrogen-bond donors (Lipinski definition) is 3. The van der Waals surface area contributed by atoms with Crippen LogP contribution in [0.1, 0.15) is 12.0 Å². The molecular weight excluding hydrogens is 336 g/mol. The third-order valence-electron chi connectivity index (χ3n) is 4.43. The number of carbonyl (C=O) groups excluding carboxylic acids is 1. The highest BCUT2D eigenvalue weighted by Crippen LogP contribution is 2.22. The Labute approximate surface area is 150 Å². The molecule has 1 aromatic heterocycles. The lowest BCUT2D eigenvalue weighted by molar-refractivity contribution is -0.900. The van der Waals surface area contributed by atoms with E-state index in [9.17, 15) is 9.90 Å². The second-order valence-electron chi connectivity index (χ2n) is 6.08. The van der Waals surface area contributed by atoms with Gasteiger partial charge in [-0.1, -0.05) is 0 Å². The Morgan fingerprint density at radius 3 is 2.68 bits per heavy atom. The quantitative estimate of drug-likeness (QED) is 0.747. The fourth-order valence-corrected chi connectivity index (χ4v) is 3.72. The molecule has 25 heavy (non-hydrogen) atoms. The maximum Gasteiger partial charge on any atom is 0.230 e. The number of piperazine rings is 1. The van der Waals surface area contributed by atoms with Gasteiger partial charge in [0.2, 0.25) is 5.91 Å². The van der Waals surface area contributed by atoms with E-state index in [1.54, 1.807) is 18.2 Å². The van der Waals surface area contributed by atoms with Crippen LogP contribution < -0.4 is 15.1 Å². The van der Waals surface area contributed by atoms with Crippen LogP contribution in [0.2, 0.25) is 0 Å². The smallest absolute Gasteiger partial charge is 0.230 e. The molecule has 6 nitrogen and oxygen atoms in total. The van der Waals surface area contributed by atoms with Gasteiger partial charge in [-0.05, 0) is 35.7 Å². The second kappa shape index (κ2) is 8.01. The Morgan fingerprint density at radius 1 is 1.28 bits per heavy atom. The Morgan fingerprint density at radius 2 is 2.00 bits per heavy atom. The number of phenolic OH excluding ortho intramolecular Hbond substituents is 1. The monoisotopic (exact) mass is 357 g/mol. The molecule has 1 aliphatic rings. The first-order chi connectivity index (χ1) is 12.2. The molecule has 3 N–H and O–H groups in total. The summed E-state index contributed by atoms with van der Waals surface area (Å²) < 4.78 is 0. The lowest BCUT2D eigenvalue weighted by atomic mass is 10.2. The average Bonchev–Trinajstić information content (AvgIpc) is 3.08. The van der Waals surface area contributed by atoms with Crippen molar-refractivity contribution in [3.05, 3.63) is 41.3 Å². The van der Waals surface area contributed by atoms with Gasteiger partial charge in [0.15, 0.2) is 0 Å². The number of benzene rings is 1. The van der Waals surface area contributed by atoms with Gasteiger partial charge in [-0.25, -0.2) is 0 Å². The van der Waals surface area contributed by atoms with Gasteiger partial charge < -0.3 is 20.2 Å². The second-order valence-corrected chi connectivity index (χ2v) is 6.99. The van der Waals surface area contributed by atoms with Crippen LogP contribution >= 0.6 is 11.3 Å². The molecule has 7 heteroatoms. The molecule has 1 aromatic carbocycles. The van der Waals surface area contributed by atoms with Crippen LogP contribution in [0.3, 0.4) is 0 Å². The summed E-state index contributed by atoms with van der Waals surface area (Å²) in [5, 5.41) is 23.6. The van der Waals surface area contributed by atoms with Crippen molar-refractivity contribution in [2.75, 3.05) is 42.9 Å². The molecule has 1 aliphatic heterocycles. The SMILES string of the molecule is N#Cc1ccsc1NC(=O)CC[NH+]1CCN(c2ccc(O)cc2)CC1. The van der Waals surface area contributed by atoms with Gasteiger partial charge in [-0.15, -0.1) is 11.3 Å². The molecule has 0 saturated carbocycles. The van der Waals surface area contributed by atoms with Crippen LogP contribution in [-0.2, 0) is 4.79 Å². The van der Waals surface area contributed by atoms with E-state index in [-0.39, 0.29) is 11.7 Å². The third kappa shape index (κ3) is 4.50. The maximum atomic E-state index is 12.1. The first-order valence-corrected chi connectivity index (χ1v) is 9.18. The summed E-state index contributed by atoms with van der Waals surface area (Å²) in [6, 6.07) is 11.1. The molecule has 2 aromatic rings. The van der Waals surface area contributed by atoms with E-state index in [1.807, 2.05) is 17.5 Å². The van der Waals surface area contributed by atoms with Crippen LogP contribution in [0.25, 0.3) is 0 Å². The molecule has 0 aliphatic carbocycles. The van der Waals surface area contributed by atoms with Crippen LogP contribution in [0.5, 0.6) is 5.75 Å². The molecule has 2 heterocycles. The van der Waals surface area contributed by atoms with Crippen molar-refractivity contribution in [2.24, 2.45) is 0 Å². The molecular formula is C18H21N4O2S+. The predicted molar refractivity (Wildman–Crippen MR) is 98.2 cm³/mol. The van der Waals surface area contributed by atoms with Crippen molar-refractivity contribution < 1.29 is 14.8 Å². The largest absolute Gasteiger partial charge is 0.508 e. The number of nitrogens with zero attached hydrogens (tertiary/aromatic N) is 2. The highest BCUT2D eigenvalue weighted by atomic mass is 32.1. The third-order valence-corrected chi connectivity index (χ3v) is 5.26. The number of carbonyl (C=O) groups is 1. The lowest BCUT2D eigenvalue weighted by Gasteiger charge is -2.33. The zero-order chi connectivity index (χ0) is 17.6. The summed E-state index contributed by atoms with van der Waals surface area (Å²) >= 11 is 1.38. The molecule has 0 bridgehead atoms. The van der Waals surface area contributed by atoms with E-state index in [0.29, 0.717) is 17.0 Å². The average molecular weight is 357 g/mol. The number of phenols is 1. The normalized spacial score (nSPS) is 14.9. The highest BCUT2D eigenvalue weighted by Gasteiger charge is 2.21. The molecule has 1 saturated heterocycles. The number of quaternary nitrogens is 1. The van der Waals surface area contributed by atoms with Gasteiger partial charge in [-0.3, -0.25) is 4.79 Å². The van der Waals surface area contributed by atoms with Crippen LogP contribution in [0.15, 0.2) is 35.7 Å². The highest BCUT2D eigenvalue weighted by molar-refractivity contribution is 7.14. The molecule has 1 amide bonds. The van der Waals surface area contributed by atoms with Crippen LogP contribution in [0.4, 0.5) is 10.7 Å².